The van der Waals surface area contributed by atoms with Gasteiger partial charge in [-0.1, -0.05) is 44.9 Å². The van der Waals surface area contributed by atoms with E-state index in [1.807, 2.05) is 0 Å². The molecule has 0 radical (unpaired) electrons. The minimum absolute atomic E-state index is 0.773. The van der Waals surface area contributed by atoms with Crippen molar-refractivity contribution in [3.05, 3.63) is 36.0 Å². The van der Waals surface area contributed by atoms with Gasteiger partial charge in [0.25, 0.3) is 0 Å². The van der Waals surface area contributed by atoms with Gasteiger partial charge in [-0.2, -0.15) is 0 Å². The van der Waals surface area contributed by atoms with Gasteiger partial charge in [-0.05, 0) is 36.3 Å². The monoisotopic (exact) mass is 270 g/mol. The Morgan fingerprint density at radius 2 is 1.95 bits per heavy atom. The highest BCUT2D eigenvalue weighted by atomic mass is 15.0. The van der Waals surface area contributed by atoms with Gasteiger partial charge in [-0.15, -0.1) is 0 Å². The average molecular weight is 270 g/mol. The van der Waals surface area contributed by atoms with Gasteiger partial charge in [0, 0.05) is 30.3 Å². The molecule has 108 valence electrons. The van der Waals surface area contributed by atoms with Gasteiger partial charge in [0.1, 0.15) is 0 Å². The number of aromatic nitrogens is 1. The number of nitrogens with zero attached hydrogens (tertiary/aromatic N) is 1. The lowest BCUT2D eigenvalue weighted by molar-refractivity contribution is 0.416. The molecule has 3 rings (SSSR count). The molecule has 1 fully saturated rings. The van der Waals surface area contributed by atoms with E-state index in [0.29, 0.717) is 0 Å². The molecule has 0 unspecified atom stereocenters. The van der Waals surface area contributed by atoms with Crippen molar-refractivity contribution >= 4 is 10.9 Å². The van der Waals surface area contributed by atoms with Gasteiger partial charge in [0.2, 0.25) is 0 Å². The molecule has 1 aromatic heterocycles. The van der Waals surface area contributed by atoms with Crippen molar-refractivity contribution in [1.29, 1.82) is 0 Å². The van der Waals surface area contributed by atoms with Crippen LogP contribution in [0.5, 0.6) is 0 Å². The molecule has 1 aromatic carbocycles. The topological polar surface area (TPSA) is 17.0 Å². The van der Waals surface area contributed by atoms with E-state index in [2.05, 4.69) is 54.1 Å². The molecule has 2 aromatic rings. The van der Waals surface area contributed by atoms with Gasteiger partial charge < -0.3 is 9.88 Å². The Hall–Kier alpha value is -1.28. The van der Waals surface area contributed by atoms with E-state index in [0.717, 1.165) is 25.0 Å². The van der Waals surface area contributed by atoms with E-state index in [1.54, 1.807) is 0 Å². The maximum absolute atomic E-state index is 3.66. The molecule has 1 aliphatic rings. The smallest absolute Gasteiger partial charge is 0.0483 e. The van der Waals surface area contributed by atoms with Crippen molar-refractivity contribution in [3.8, 4) is 0 Å². The fourth-order valence-electron chi connectivity index (χ4n) is 2.97. The largest absolute Gasteiger partial charge is 0.343 e. The van der Waals surface area contributed by atoms with Crippen molar-refractivity contribution < 1.29 is 0 Å². The van der Waals surface area contributed by atoms with Crippen LogP contribution in [-0.2, 0) is 13.1 Å². The van der Waals surface area contributed by atoms with Crippen LogP contribution in [0.1, 0.15) is 45.2 Å². The van der Waals surface area contributed by atoms with Crippen LogP contribution in [0.25, 0.3) is 10.9 Å². The Bertz CT molecular complexity index is 562. The van der Waals surface area contributed by atoms with Gasteiger partial charge in [0.05, 0.1) is 0 Å². The highest BCUT2D eigenvalue weighted by molar-refractivity contribution is 5.81. The van der Waals surface area contributed by atoms with Crippen molar-refractivity contribution in [2.75, 3.05) is 0 Å². The molecule has 1 saturated carbocycles. The number of nitrogens with one attached hydrogen (secondary N) is 1. The summed E-state index contributed by atoms with van der Waals surface area (Å²) in [5, 5.41) is 5.04. The molecule has 1 aliphatic carbocycles. The second-order valence-electron chi connectivity index (χ2n) is 6.14. The van der Waals surface area contributed by atoms with E-state index in [4.69, 9.17) is 0 Å². The van der Waals surface area contributed by atoms with Crippen molar-refractivity contribution in [3.63, 3.8) is 0 Å². The van der Waals surface area contributed by atoms with E-state index < -0.39 is 0 Å². The Morgan fingerprint density at radius 3 is 2.65 bits per heavy atom. The number of hydrogen-bond acceptors (Lipinski definition) is 1. The van der Waals surface area contributed by atoms with E-state index >= 15 is 0 Å². The normalized spacial score (nSPS) is 15.3. The van der Waals surface area contributed by atoms with Crippen LogP contribution in [0.15, 0.2) is 30.3 Å². The van der Waals surface area contributed by atoms with Crippen LogP contribution in [0.3, 0.4) is 0 Å². The molecular weight excluding hydrogens is 244 g/mol. The summed E-state index contributed by atoms with van der Waals surface area (Å²) in [6.07, 6.45) is 5.23. The number of hydrogen-bond donors (Lipinski definition) is 1. The number of benzene rings is 1. The van der Waals surface area contributed by atoms with Crippen molar-refractivity contribution in [2.45, 2.75) is 58.7 Å². The summed E-state index contributed by atoms with van der Waals surface area (Å²) >= 11 is 0. The fourth-order valence-corrected chi connectivity index (χ4v) is 2.97. The van der Waals surface area contributed by atoms with Gasteiger partial charge in [-0.3, -0.25) is 0 Å². The minimum Gasteiger partial charge on any atom is -0.343 e. The first-order valence-electron chi connectivity index (χ1n) is 8.12. The first-order chi connectivity index (χ1) is 9.81. The highest BCUT2D eigenvalue weighted by Crippen LogP contribution is 2.25. The predicted octanol–water partition coefficient (Wildman–Crippen LogP) is 4.33. The van der Waals surface area contributed by atoms with Crippen molar-refractivity contribution in [1.82, 2.24) is 9.88 Å². The lowest BCUT2D eigenvalue weighted by atomic mass is 10.0. The van der Waals surface area contributed by atoms with E-state index in [9.17, 15) is 0 Å². The summed E-state index contributed by atoms with van der Waals surface area (Å²) < 4.78 is 2.54. The van der Waals surface area contributed by atoms with Gasteiger partial charge in [-0.25, -0.2) is 0 Å². The first-order valence-corrected chi connectivity index (χ1v) is 8.12. The molecule has 0 bridgehead atoms. The Labute approximate surface area is 122 Å². The number of para-hydroxylation sites is 1. The standard InChI is InChI=1S/C18H26N2/c1-3-14(4-2)13-20-17(12-19-16-9-10-16)11-15-7-5-6-8-18(15)20/h5-8,11,14,16,19H,3-4,9-10,12-13H2,1-2H3. The average Bonchev–Trinajstić information content (AvgIpc) is 3.25. The summed E-state index contributed by atoms with van der Waals surface area (Å²) in [6, 6.07) is 11.9. The maximum Gasteiger partial charge on any atom is 0.0483 e. The molecule has 0 amide bonds. The molecule has 2 nitrogen and oxygen atoms in total. The lowest BCUT2D eigenvalue weighted by Gasteiger charge is -2.17. The second kappa shape index (κ2) is 6.01. The van der Waals surface area contributed by atoms with E-state index in [-0.39, 0.29) is 0 Å². The zero-order valence-corrected chi connectivity index (χ0v) is 12.7. The second-order valence-corrected chi connectivity index (χ2v) is 6.14. The number of rotatable bonds is 7. The summed E-state index contributed by atoms with van der Waals surface area (Å²) in [5.74, 6) is 0.783. The summed E-state index contributed by atoms with van der Waals surface area (Å²) in [6.45, 7) is 6.78. The summed E-state index contributed by atoms with van der Waals surface area (Å²) in [7, 11) is 0. The minimum atomic E-state index is 0.773. The molecule has 0 aliphatic heterocycles. The molecule has 2 heteroatoms. The first kappa shape index (κ1) is 13.7. The molecule has 1 N–H and O–H groups in total. The van der Waals surface area contributed by atoms with Crippen LogP contribution in [0.4, 0.5) is 0 Å². The molecule has 0 atom stereocenters. The molecule has 20 heavy (non-hydrogen) atoms. The van der Waals surface area contributed by atoms with Crippen LogP contribution >= 0.6 is 0 Å². The van der Waals surface area contributed by atoms with Crippen molar-refractivity contribution in [2.24, 2.45) is 5.92 Å². The predicted molar refractivity (Wildman–Crippen MR) is 85.9 cm³/mol. The van der Waals surface area contributed by atoms with Crippen LogP contribution in [-0.4, -0.2) is 10.6 Å². The SMILES string of the molecule is CCC(CC)Cn1c(CNC2CC2)cc2ccccc21. The number of fused-ring (bicyclic) bond motifs is 1. The third kappa shape index (κ3) is 2.90. The van der Waals surface area contributed by atoms with Crippen LogP contribution in [0.2, 0.25) is 0 Å². The van der Waals surface area contributed by atoms with E-state index in [1.165, 1.54) is 42.3 Å². The highest BCUT2D eigenvalue weighted by Gasteiger charge is 2.21. The van der Waals surface area contributed by atoms with Gasteiger partial charge in [0.15, 0.2) is 0 Å². The van der Waals surface area contributed by atoms with Crippen LogP contribution < -0.4 is 5.32 Å². The van der Waals surface area contributed by atoms with Crippen LogP contribution in [0, 0.1) is 5.92 Å². The van der Waals surface area contributed by atoms with Gasteiger partial charge >= 0.3 is 0 Å². The Balaban J connectivity index is 1.89. The lowest BCUT2D eigenvalue weighted by Crippen LogP contribution is -2.19. The third-order valence-corrected chi connectivity index (χ3v) is 4.64. The molecule has 0 spiro atoms. The summed E-state index contributed by atoms with van der Waals surface area (Å²) in [4.78, 5) is 0. The molecule has 1 heterocycles. The fraction of sp³-hybridized carbons (Fsp3) is 0.556. The third-order valence-electron chi connectivity index (χ3n) is 4.64. The quantitative estimate of drug-likeness (QED) is 0.792. The Kier molecular flexibility index (Phi) is 4.11. The molecule has 0 saturated heterocycles. The zero-order valence-electron chi connectivity index (χ0n) is 12.7. The summed E-state index contributed by atoms with van der Waals surface area (Å²) in [5.41, 5.74) is 2.84. The molecular formula is C18H26N2. The Morgan fingerprint density at radius 1 is 1.20 bits per heavy atom. The maximum atomic E-state index is 3.66. The zero-order chi connectivity index (χ0) is 13.9.